The molecule has 0 unspecified atom stereocenters. The third-order valence-electron chi connectivity index (χ3n) is 3.61. The molecule has 3 aromatic heterocycles. The normalized spacial score (nSPS) is 10.6. The number of hydrogen-bond donors (Lipinski definition) is 4. The quantitative estimate of drug-likeness (QED) is 0.510. The average Bonchev–Trinajstić information content (AvgIpc) is 2.99. The Bertz CT molecular complexity index is 861. The minimum absolute atomic E-state index is 0.419. The predicted molar refractivity (Wildman–Crippen MR) is 96.3 cm³/mol. The van der Waals surface area contributed by atoms with Gasteiger partial charge in [0.15, 0.2) is 0 Å². The molecule has 2 amide bonds. The van der Waals surface area contributed by atoms with E-state index >= 15 is 0 Å². The zero-order valence-electron chi connectivity index (χ0n) is 13.8. The van der Waals surface area contributed by atoms with E-state index in [0.717, 1.165) is 31.3 Å². The third-order valence-corrected chi connectivity index (χ3v) is 3.61. The van der Waals surface area contributed by atoms with Crippen molar-refractivity contribution < 1.29 is 9.18 Å². The molecule has 0 radical (unpaired) electrons. The number of hydrogen-bond acceptors (Lipinski definition) is 4. The molecule has 4 N–H and O–H groups in total. The lowest BCUT2D eigenvalue weighted by Gasteiger charge is -2.08. The summed E-state index contributed by atoms with van der Waals surface area (Å²) in [6.07, 6.45) is 6.54. The number of amides is 2. The van der Waals surface area contributed by atoms with Crippen molar-refractivity contribution in [1.82, 2.24) is 15.0 Å². The first-order chi connectivity index (χ1) is 12.2. The first-order valence-electron chi connectivity index (χ1n) is 8.06. The number of anilines is 3. The van der Waals surface area contributed by atoms with Crippen LogP contribution in [0.3, 0.4) is 0 Å². The number of carbonyl (C=O) groups is 1. The maximum atomic E-state index is 13.3. The minimum Gasteiger partial charge on any atom is -0.384 e. The first-order valence-corrected chi connectivity index (χ1v) is 8.06. The van der Waals surface area contributed by atoms with E-state index in [2.05, 4.69) is 37.8 Å². The summed E-state index contributed by atoms with van der Waals surface area (Å²) >= 11 is 0. The SMILES string of the molecule is CCCCNc1ccc(NC(=O)Nc2c[nH]c3ncc(F)cc23)nc1. The Morgan fingerprint density at radius 2 is 2.12 bits per heavy atom. The summed E-state index contributed by atoms with van der Waals surface area (Å²) in [4.78, 5) is 23.1. The van der Waals surface area contributed by atoms with E-state index in [1.807, 2.05) is 6.07 Å². The van der Waals surface area contributed by atoms with Gasteiger partial charge >= 0.3 is 6.03 Å². The zero-order chi connectivity index (χ0) is 17.6. The number of nitrogens with one attached hydrogen (secondary N) is 4. The van der Waals surface area contributed by atoms with E-state index in [1.54, 1.807) is 18.5 Å². The molecular formula is C17H19FN6O. The Morgan fingerprint density at radius 1 is 1.24 bits per heavy atom. The molecule has 130 valence electrons. The van der Waals surface area contributed by atoms with Crippen molar-refractivity contribution in [3.8, 4) is 0 Å². The van der Waals surface area contributed by atoms with Crippen LogP contribution in [0.5, 0.6) is 0 Å². The number of urea groups is 1. The molecule has 7 nitrogen and oxygen atoms in total. The fourth-order valence-corrected chi connectivity index (χ4v) is 2.33. The number of aromatic nitrogens is 3. The molecule has 0 aliphatic carbocycles. The Hall–Kier alpha value is -3.16. The number of unbranched alkanes of at least 4 members (excludes halogenated alkanes) is 1. The molecule has 0 aromatic carbocycles. The van der Waals surface area contributed by atoms with E-state index in [1.165, 1.54) is 6.07 Å². The number of halogens is 1. The lowest BCUT2D eigenvalue weighted by atomic mass is 10.3. The van der Waals surface area contributed by atoms with Crippen LogP contribution in [0.25, 0.3) is 11.0 Å². The number of rotatable bonds is 6. The summed E-state index contributed by atoms with van der Waals surface area (Å²) in [6.45, 7) is 3.01. The monoisotopic (exact) mass is 342 g/mol. The predicted octanol–water partition coefficient (Wildman–Crippen LogP) is 3.95. The van der Waals surface area contributed by atoms with Gasteiger partial charge in [0.1, 0.15) is 17.3 Å². The zero-order valence-corrected chi connectivity index (χ0v) is 13.8. The van der Waals surface area contributed by atoms with Crippen LogP contribution in [0.1, 0.15) is 19.8 Å². The van der Waals surface area contributed by atoms with Gasteiger partial charge in [0.2, 0.25) is 0 Å². The molecule has 0 saturated carbocycles. The molecule has 0 fully saturated rings. The number of nitrogens with zero attached hydrogens (tertiary/aromatic N) is 2. The van der Waals surface area contributed by atoms with Gasteiger partial charge in [-0.05, 0) is 24.6 Å². The molecule has 0 bridgehead atoms. The Morgan fingerprint density at radius 3 is 2.88 bits per heavy atom. The molecule has 0 saturated heterocycles. The van der Waals surface area contributed by atoms with Crippen molar-refractivity contribution in [2.24, 2.45) is 0 Å². The van der Waals surface area contributed by atoms with Crippen LogP contribution in [0, 0.1) is 5.82 Å². The van der Waals surface area contributed by atoms with E-state index in [9.17, 15) is 9.18 Å². The summed E-state index contributed by atoms with van der Waals surface area (Å²) in [6, 6.07) is 4.40. The molecule has 0 spiro atoms. The number of aromatic amines is 1. The van der Waals surface area contributed by atoms with Crippen molar-refractivity contribution in [3.05, 3.63) is 42.6 Å². The van der Waals surface area contributed by atoms with Gasteiger partial charge in [0.25, 0.3) is 0 Å². The number of H-pyrrole nitrogens is 1. The van der Waals surface area contributed by atoms with E-state index in [-0.39, 0.29) is 0 Å². The average molecular weight is 342 g/mol. The Labute approximate surface area is 144 Å². The number of fused-ring (bicyclic) bond motifs is 1. The molecule has 0 aliphatic heterocycles. The van der Waals surface area contributed by atoms with Gasteiger partial charge in [0.05, 0.1) is 23.8 Å². The summed E-state index contributed by atoms with van der Waals surface area (Å²) in [5, 5.41) is 9.04. The number of pyridine rings is 2. The first kappa shape index (κ1) is 16.7. The summed E-state index contributed by atoms with van der Waals surface area (Å²) in [5.74, 6) is -0.0499. The van der Waals surface area contributed by atoms with Crippen LogP contribution >= 0.6 is 0 Å². The molecule has 3 heterocycles. The van der Waals surface area contributed by atoms with Crippen LogP contribution in [0.2, 0.25) is 0 Å². The van der Waals surface area contributed by atoms with E-state index in [4.69, 9.17) is 0 Å². The van der Waals surface area contributed by atoms with Gasteiger partial charge in [-0.3, -0.25) is 5.32 Å². The van der Waals surface area contributed by atoms with Crippen LogP contribution in [-0.2, 0) is 0 Å². The maximum Gasteiger partial charge on any atom is 0.324 e. The second-order valence-corrected chi connectivity index (χ2v) is 5.54. The van der Waals surface area contributed by atoms with Crippen molar-refractivity contribution in [1.29, 1.82) is 0 Å². The Kier molecular flexibility index (Phi) is 5.08. The summed E-state index contributed by atoms with van der Waals surface area (Å²) < 4.78 is 13.3. The fourth-order valence-electron chi connectivity index (χ4n) is 2.33. The molecule has 0 aliphatic rings. The largest absolute Gasteiger partial charge is 0.384 e. The molecule has 8 heteroatoms. The van der Waals surface area contributed by atoms with E-state index in [0.29, 0.717) is 22.5 Å². The van der Waals surface area contributed by atoms with Gasteiger partial charge in [-0.2, -0.15) is 0 Å². The van der Waals surface area contributed by atoms with Gasteiger partial charge in [-0.25, -0.2) is 19.2 Å². The second-order valence-electron chi connectivity index (χ2n) is 5.54. The standard InChI is InChI=1S/C17H19FN6O/c1-2-3-6-19-12-4-5-15(20-9-12)24-17(25)23-14-10-22-16-13(14)7-11(18)8-21-16/h4-5,7-10,19H,2-3,6H2,1H3,(H,21,22)(H2,20,23,24,25). The van der Waals surface area contributed by atoms with Crippen molar-refractivity contribution in [2.75, 3.05) is 22.5 Å². The highest BCUT2D eigenvalue weighted by atomic mass is 19.1. The van der Waals surface area contributed by atoms with Crippen LogP contribution < -0.4 is 16.0 Å². The summed E-state index contributed by atoms with van der Waals surface area (Å²) in [5.41, 5.74) is 1.84. The highest BCUT2D eigenvalue weighted by Gasteiger charge is 2.10. The van der Waals surface area contributed by atoms with Crippen molar-refractivity contribution in [3.63, 3.8) is 0 Å². The third kappa shape index (κ3) is 4.23. The molecule has 0 atom stereocenters. The minimum atomic E-state index is -0.469. The van der Waals surface area contributed by atoms with E-state index < -0.39 is 11.8 Å². The Balaban J connectivity index is 1.61. The van der Waals surface area contributed by atoms with Gasteiger partial charge in [-0.15, -0.1) is 0 Å². The lowest BCUT2D eigenvalue weighted by Crippen LogP contribution is -2.19. The smallest absolute Gasteiger partial charge is 0.324 e. The highest BCUT2D eigenvalue weighted by Crippen LogP contribution is 2.22. The molecule has 25 heavy (non-hydrogen) atoms. The summed E-state index contributed by atoms with van der Waals surface area (Å²) in [7, 11) is 0. The van der Waals surface area contributed by atoms with Crippen LogP contribution in [0.15, 0.2) is 36.8 Å². The van der Waals surface area contributed by atoms with Gasteiger partial charge in [0, 0.05) is 18.1 Å². The van der Waals surface area contributed by atoms with Crippen LogP contribution in [0.4, 0.5) is 26.4 Å². The van der Waals surface area contributed by atoms with Crippen LogP contribution in [-0.4, -0.2) is 27.5 Å². The van der Waals surface area contributed by atoms with Crippen molar-refractivity contribution in [2.45, 2.75) is 19.8 Å². The highest BCUT2D eigenvalue weighted by molar-refractivity contribution is 6.04. The molecular weight excluding hydrogens is 323 g/mol. The lowest BCUT2D eigenvalue weighted by molar-refractivity contribution is 0.262. The molecule has 3 rings (SSSR count). The molecule has 3 aromatic rings. The van der Waals surface area contributed by atoms with Gasteiger partial charge in [-0.1, -0.05) is 13.3 Å². The van der Waals surface area contributed by atoms with Gasteiger partial charge < -0.3 is 15.6 Å². The second kappa shape index (κ2) is 7.61. The topological polar surface area (TPSA) is 94.7 Å². The number of carbonyl (C=O) groups excluding carboxylic acids is 1. The maximum absolute atomic E-state index is 13.3. The fraction of sp³-hybridized carbons (Fsp3) is 0.235. The van der Waals surface area contributed by atoms with Crippen molar-refractivity contribution >= 4 is 34.3 Å².